The standard InChI is InChI=1S/C16H13N3O4/c20-14(18-13-4-2-1-3-5-13)15(21)19-17-10-11-6-8-12(9-7-11)16(22)23/h1-10H,(H,18,20)(H,19,21)(H,22,23)/b17-10+. The zero-order valence-electron chi connectivity index (χ0n) is 11.9. The monoisotopic (exact) mass is 311 g/mol. The van der Waals surface area contributed by atoms with Gasteiger partial charge in [-0.25, -0.2) is 10.2 Å². The van der Waals surface area contributed by atoms with E-state index in [1.165, 1.54) is 30.5 Å². The van der Waals surface area contributed by atoms with E-state index in [2.05, 4.69) is 15.8 Å². The second-order valence-corrected chi connectivity index (χ2v) is 4.45. The van der Waals surface area contributed by atoms with E-state index in [1.807, 2.05) is 0 Å². The van der Waals surface area contributed by atoms with Gasteiger partial charge in [0.05, 0.1) is 11.8 Å². The van der Waals surface area contributed by atoms with Crippen molar-refractivity contribution in [3.8, 4) is 0 Å². The molecule has 3 N–H and O–H groups in total. The topological polar surface area (TPSA) is 108 Å². The summed E-state index contributed by atoms with van der Waals surface area (Å²) in [7, 11) is 0. The molecule has 0 radical (unpaired) electrons. The van der Waals surface area contributed by atoms with E-state index in [9.17, 15) is 14.4 Å². The van der Waals surface area contributed by atoms with Crippen LogP contribution in [0.1, 0.15) is 15.9 Å². The summed E-state index contributed by atoms with van der Waals surface area (Å²) >= 11 is 0. The van der Waals surface area contributed by atoms with Gasteiger partial charge in [-0.1, -0.05) is 30.3 Å². The molecule has 23 heavy (non-hydrogen) atoms. The molecule has 2 aromatic carbocycles. The van der Waals surface area contributed by atoms with E-state index >= 15 is 0 Å². The van der Waals surface area contributed by atoms with Crippen LogP contribution in [0, 0.1) is 0 Å². The maximum absolute atomic E-state index is 11.6. The second-order valence-electron chi connectivity index (χ2n) is 4.45. The van der Waals surface area contributed by atoms with Gasteiger partial charge in [-0.05, 0) is 29.8 Å². The molecule has 0 aliphatic heterocycles. The van der Waals surface area contributed by atoms with Crippen LogP contribution in [-0.4, -0.2) is 29.1 Å². The molecule has 0 aliphatic carbocycles. The van der Waals surface area contributed by atoms with Gasteiger partial charge in [-0.15, -0.1) is 0 Å². The molecule has 0 bridgehead atoms. The maximum Gasteiger partial charge on any atom is 0.335 e. The van der Waals surface area contributed by atoms with Crippen molar-refractivity contribution in [2.75, 3.05) is 5.32 Å². The van der Waals surface area contributed by atoms with E-state index in [-0.39, 0.29) is 5.56 Å². The van der Waals surface area contributed by atoms with Gasteiger partial charge in [0, 0.05) is 5.69 Å². The summed E-state index contributed by atoms with van der Waals surface area (Å²) in [6.45, 7) is 0. The van der Waals surface area contributed by atoms with E-state index in [0.717, 1.165) is 0 Å². The Bertz CT molecular complexity index is 740. The number of aromatic carboxylic acids is 1. The Morgan fingerprint density at radius 2 is 1.57 bits per heavy atom. The first-order valence-corrected chi connectivity index (χ1v) is 6.59. The minimum atomic E-state index is -1.03. The van der Waals surface area contributed by atoms with Crippen LogP contribution in [0.4, 0.5) is 5.69 Å². The molecule has 0 spiro atoms. The number of benzene rings is 2. The first-order chi connectivity index (χ1) is 11.1. The lowest BCUT2D eigenvalue weighted by Crippen LogP contribution is -2.32. The van der Waals surface area contributed by atoms with Crippen LogP contribution in [0.15, 0.2) is 59.7 Å². The predicted octanol–water partition coefficient (Wildman–Crippen LogP) is 1.47. The number of anilines is 1. The van der Waals surface area contributed by atoms with Gasteiger partial charge in [0.25, 0.3) is 0 Å². The summed E-state index contributed by atoms with van der Waals surface area (Å²) in [5.41, 5.74) is 3.32. The Balaban J connectivity index is 1.88. The van der Waals surface area contributed by atoms with Crippen LogP contribution < -0.4 is 10.7 Å². The first-order valence-electron chi connectivity index (χ1n) is 6.59. The maximum atomic E-state index is 11.6. The van der Waals surface area contributed by atoms with Crippen LogP contribution in [0.2, 0.25) is 0 Å². The lowest BCUT2D eigenvalue weighted by Gasteiger charge is -2.03. The third kappa shape index (κ3) is 4.78. The Labute approximate surface area is 131 Å². The van der Waals surface area contributed by atoms with E-state index in [1.54, 1.807) is 30.3 Å². The van der Waals surface area contributed by atoms with Gasteiger partial charge in [-0.2, -0.15) is 5.10 Å². The highest BCUT2D eigenvalue weighted by Crippen LogP contribution is 2.04. The lowest BCUT2D eigenvalue weighted by molar-refractivity contribution is -0.136. The summed E-state index contributed by atoms with van der Waals surface area (Å²) in [6, 6.07) is 14.4. The molecule has 7 nitrogen and oxygen atoms in total. The number of carboxylic acids is 1. The Kier molecular flexibility index (Phi) is 5.19. The minimum absolute atomic E-state index is 0.147. The molecule has 0 heterocycles. The molecule has 0 saturated heterocycles. The number of amides is 2. The number of nitrogens with one attached hydrogen (secondary N) is 2. The van der Waals surface area contributed by atoms with Gasteiger partial charge < -0.3 is 10.4 Å². The molecule has 116 valence electrons. The summed E-state index contributed by atoms with van der Waals surface area (Å²) in [4.78, 5) is 33.9. The molecule has 0 aromatic heterocycles. The van der Waals surface area contributed by atoms with Crippen molar-refractivity contribution in [2.24, 2.45) is 5.10 Å². The Morgan fingerprint density at radius 3 is 2.17 bits per heavy atom. The molecule has 0 unspecified atom stereocenters. The fourth-order valence-corrected chi connectivity index (χ4v) is 1.64. The number of carbonyl (C=O) groups excluding carboxylic acids is 2. The molecule has 2 rings (SSSR count). The van der Waals surface area contributed by atoms with Crippen LogP contribution in [0.25, 0.3) is 0 Å². The lowest BCUT2D eigenvalue weighted by atomic mass is 10.1. The summed E-state index contributed by atoms with van der Waals surface area (Å²) in [5, 5.41) is 14.8. The molecular formula is C16H13N3O4. The highest BCUT2D eigenvalue weighted by atomic mass is 16.4. The molecule has 0 atom stereocenters. The highest BCUT2D eigenvalue weighted by Gasteiger charge is 2.12. The van der Waals surface area contributed by atoms with Crippen LogP contribution in [0.3, 0.4) is 0 Å². The number of hydrogen-bond acceptors (Lipinski definition) is 4. The largest absolute Gasteiger partial charge is 0.478 e. The third-order valence-corrected chi connectivity index (χ3v) is 2.78. The number of carbonyl (C=O) groups is 3. The molecule has 0 fully saturated rings. The first kappa shape index (κ1) is 15.9. The quantitative estimate of drug-likeness (QED) is 0.451. The number of carboxylic acid groups (broad SMARTS) is 1. The fourth-order valence-electron chi connectivity index (χ4n) is 1.64. The number of nitrogens with zero attached hydrogens (tertiary/aromatic N) is 1. The van der Waals surface area contributed by atoms with Gasteiger partial charge in [0.1, 0.15) is 0 Å². The van der Waals surface area contributed by atoms with Gasteiger partial charge >= 0.3 is 17.8 Å². The SMILES string of the molecule is O=C(N/N=C/c1ccc(C(=O)O)cc1)C(=O)Nc1ccccc1. The number of rotatable bonds is 4. The van der Waals surface area contributed by atoms with Crippen molar-refractivity contribution < 1.29 is 19.5 Å². The normalized spacial score (nSPS) is 10.3. The van der Waals surface area contributed by atoms with Crippen molar-refractivity contribution in [1.82, 2.24) is 5.43 Å². The van der Waals surface area contributed by atoms with Crippen LogP contribution >= 0.6 is 0 Å². The summed E-state index contributed by atoms with van der Waals surface area (Å²) < 4.78 is 0. The number of para-hydroxylation sites is 1. The van der Waals surface area contributed by atoms with Crippen molar-refractivity contribution in [3.63, 3.8) is 0 Å². The Morgan fingerprint density at radius 1 is 0.913 bits per heavy atom. The zero-order chi connectivity index (χ0) is 16.7. The number of hydrazone groups is 1. The average Bonchev–Trinajstić information content (AvgIpc) is 2.56. The highest BCUT2D eigenvalue weighted by molar-refractivity contribution is 6.39. The molecular weight excluding hydrogens is 298 g/mol. The molecule has 2 amide bonds. The van der Waals surface area contributed by atoms with E-state index in [4.69, 9.17) is 5.11 Å². The summed E-state index contributed by atoms with van der Waals surface area (Å²) in [6.07, 6.45) is 1.30. The number of hydrogen-bond donors (Lipinski definition) is 3. The third-order valence-electron chi connectivity index (χ3n) is 2.78. The predicted molar refractivity (Wildman–Crippen MR) is 84.2 cm³/mol. The smallest absolute Gasteiger partial charge is 0.335 e. The van der Waals surface area contributed by atoms with Crippen molar-refractivity contribution in [2.45, 2.75) is 0 Å². The molecule has 7 heteroatoms. The molecule has 2 aromatic rings. The molecule has 0 aliphatic rings. The Hall–Kier alpha value is -3.48. The zero-order valence-corrected chi connectivity index (χ0v) is 11.9. The second kappa shape index (κ2) is 7.51. The minimum Gasteiger partial charge on any atom is -0.478 e. The van der Waals surface area contributed by atoms with Gasteiger partial charge in [-0.3, -0.25) is 9.59 Å². The molecule has 0 saturated carbocycles. The van der Waals surface area contributed by atoms with Crippen molar-refractivity contribution >= 4 is 29.7 Å². The van der Waals surface area contributed by atoms with Crippen LogP contribution in [-0.2, 0) is 9.59 Å². The van der Waals surface area contributed by atoms with Gasteiger partial charge in [0.15, 0.2) is 0 Å². The van der Waals surface area contributed by atoms with Gasteiger partial charge in [0.2, 0.25) is 0 Å². The van der Waals surface area contributed by atoms with E-state index < -0.39 is 17.8 Å². The fraction of sp³-hybridized carbons (Fsp3) is 0. The summed E-state index contributed by atoms with van der Waals surface area (Å²) in [5.74, 6) is -2.78. The van der Waals surface area contributed by atoms with Crippen molar-refractivity contribution in [3.05, 3.63) is 65.7 Å². The average molecular weight is 311 g/mol. The van der Waals surface area contributed by atoms with Crippen LogP contribution in [0.5, 0.6) is 0 Å². The van der Waals surface area contributed by atoms with E-state index in [0.29, 0.717) is 11.3 Å². The van der Waals surface area contributed by atoms with Crippen molar-refractivity contribution in [1.29, 1.82) is 0 Å².